The lowest BCUT2D eigenvalue weighted by Crippen LogP contribution is -2.09. The van der Waals surface area contributed by atoms with Gasteiger partial charge in [0.25, 0.3) is 0 Å². The molecular weight excluding hydrogens is 186 g/mol. The monoisotopic (exact) mass is 199 g/mol. The third-order valence-corrected chi connectivity index (χ3v) is 2.52. The van der Waals surface area contributed by atoms with E-state index in [1.807, 2.05) is 25.1 Å². The molecule has 76 valence electrons. The van der Waals surface area contributed by atoms with Crippen LogP contribution in [0.2, 0.25) is 0 Å². The zero-order valence-corrected chi connectivity index (χ0v) is 8.75. The first kappa shape index (κ1) is 9.72. The van der Waals surface area contributed by atoms with Crippen LogP contribution in [0.1, 0.15) is 24.0 Å². The molecular formula is C12H13N3. The van der Waals surface area contributed by atoms with E-state index in [-0.39, 0.29) is 0 Å². The molecule has 1 aliphatic heterocycles. The summed E-state index contributed by atoms with van der Waals surface area (Å²) in [5, 5.41) is 12.1. The number of hydrogen-bond donors (Lipinski definition) is 1. The summed E-state index contributed by atoms with van der Waals surface area (Å²) in [6, 6.07) is 7.80. The second-order valence-corrected chi connectivity index (χ2v) is 3.70. The van der Waals surface area contributed by atoms with Gasteiger partial charge in [0.1, 0.15) is 5.84 Å². The van der Waals surface area contributed by atoms with Gasteiger partial charge in [-0.2, -0.15) is 5.26 Å². The number of amidine groups is 1. The van der Waals surface area contributed by atoms with Crippen LogP contribution in [0, 0.1) is 18.3 Å². The van der Waals surface area contributed by atoms with Crippen molar-refractivity contribution in [2.45, 2.75) is 19.8 Å². The van der Waals surface area contributed by atoms with E-state index in [1.165, 1.54) is 0 Å². The summed E-state index contributed by atoms with van der Waals surface area (Å²) >= 11 is 0. The molecule has 1 aromatic carbocycles. The largest absolute Gasteiger partial charge is 0.344 e. The van der Waals surface area contributed by atoms with E-state index >= 15 is 0 Å². The first-order chi connectivity index (χ1) is 7.29. The van der Waals surface area contributed by atoms with E-state index in [2.05, 4.69) is 16.4 Å². The van der Waals surface area contributed by atoms with Gasteiger partial charge >= 0.3 is 0 Å². The number of aryl methyl sites for hydroxylation is 1. The van der Waals surface area contributed by atoms with E-state index in [4.69, 9.17) is 5.26 Å². The van der Waals surface area contributed by atoms with E-state index in [0.717, 1.165) is 36.5 Å². The maximum atomic E-state index is 8.81. The first-order valence-corrected chi connectivity index (χ1v) is 5.11. The fourth-order valence-electron chi connectivity index (χ4n) is 1.62. The standard InChI is InChI=1S/C12H13N3/c1-9-4-5-10(8-13)7-11(9)15-12-3-2-6-14-12/h4-5,7H,2-3,6H2,1H3,(H,14,15). The van der Waals surface area contributed by atoms with Gasteiger partial charge in [-0.15, -0.1) is 0 Å². The summed E-state index contributed by atoms with van der Waals surface area (Å²) < 4.78 is 0. The van der Waals surface area contributed by atoms with Crippen LogP contribution in [-0.2, 0) is 0 Å². The van der Waals surface area contributed by atoms with Crippen LogP contribution in [0.25, 0.3) is 0 Å². The van der Waals surface area contributed by atoms with Gasteiger partial charge in [-0.3, -0.25) is 4.99 Å². The number of anilines is 1. The average molecular weight is 199 g/mol. The lowest BCUT2D eigenvalue weighted by atomic mass is 10.1. The molecule has 0 atom stereocenters. The summed E-state index contributed by atoms with van der Waals surface area (Å²) in [5.74, 6) is 1.04. The predicted molar refractivity (Wildman–Crippen MR) is 61.1 cm³/mol. The predicted octanol–water partition coefficient (Wildman–Crippen LogP) is 2.47. The highest BCUT2D eigenvalue weighted by atomic mass is 15.0. The van der Waals surface area contributed by atoms with E-state index in [9.17, 15) is 0 Å². The molecule has 0 fully saturated rings. The van der Waals surface area contributed by atoms with Crippen molar-refractivity contribution in [3.8, 4) is 6.07 Å². The Morgan fingerprint density at radius 3 is 3.00 bits per heavy atom. The lowest BCUT2D eigenvalue weighted by Gasteiger charge is -2.09. The first-order valence-electron chi connectivity index (χ1n) is 5.11. The van der Waals surface area contributed by atoms with Gasteiger partial charge in [-0.1, -0.05) is 6.07 Å². The van der Waals surface area contributed by atoms with E-state index in [1.54, 1.807) is 0 Å². The molecule has 0 aliphatic carbocycles. The molecule has 3 nitrogen and oxygen atoms in total. The highest BCUT2D eigenvalue weighted by Gasteiger charge is 2.07. The molecule has 1 N–H and O–H groups in total. The minimum atomic E-state index is 0.682. The normalized spacial score (nSPS) is 14.5. The van der Waals surface area contributed by atoms with Crippen LogP contribution < -0.4 is 5.32 Å². The second-order valence-electron chi connectivity index (χ2n) is 3.70. The molecule has 0 aromatic heterocycles. The van der Waals surface area contributed by atoms with Gasteiger partial charge in [-0.25, -0.2) is 0 Å². The molecule has 0 unspecified atom stereocenters. The zero-order chi connectivity index (χ0) is 10.7. The van der Waals surface area contributed by atoms with Crippen molar-refractivity contribution in [1.82, 2.24) is 0 Å². The van der Waals surface area contributed by atoms with Crippen LogP contribution >= 0.6 is 0 Å². The van der Waals surface area contributed by atoms with Crippen LogP contribution in [0.5, 0.6) is 0 Å². The van der Waals surface area contributed by atoms with Gasteiger partial charge in [0, 0.05) is 18.7 Å². The van der Waals surface area contributed by atoms with Gasteiger partial charge in [0.2, 0.25) is 0 Å². The van der Waals surface area contributed by atoms with Crippen LogP contribution in [-0.4, -0.2) is 12.4 Å². The molecule has 3 heteroatoms. The number of benzene rings is 1. The molecule has 1 aromatic rings. The molecule has 1 aliphatic rings. The van der Waals surface area contributed by atoms with Crippen molar-refractivity contribution in [1.29, 1.82) is 5.26 Å². The number of aliphatic imine (C=N–C) groups is 1. The summed E-state index contributed by atoms with van der Waals surface area (Å²) in [6.45, 7) is 2.94. The molecule has 1 heterocycles. The molecule has 0 bridgehead atoms. The summed E-state index contributed by atoms with van der Waals surface area (Å²) in [7, 11) is 0. The molecule has 2 rings (SSSR count). The van der Waals surface area contributed by atoms with Crippen LogP contribution in [0.4, 0.5) is 5.69 Å². The molecule has 0 saturated carbocycles. The molecule has 0 amide bonds. The van der Waals surface area contributed by atoms with Crippen molar-refractivity contribution in [3.05, 3.63) is 29.3 Å². The van der Waals surface area contributed by atoms with Crippen LogP contribution in [0.15, 0.2) is 23.2 Å². The summed E-state index contributed by atoms with van der Waals surface area (Å²) in [6.07, 6.45) is 2.13. The van der Waals surface area contributed by atoms with E-state index in [0.29, 0.717) is 5.56 Å². The molecule has 0 saturated heterocycles. The molecule has 0 radical (unpaired) electrons. The lowest BCUT2D eigenvalue weighted by molar-refractivity contribution is 0.951. The minimum absolute atomic E-state index is 0.682. The van der Waals surface area contributed by atoms with Crippen LogP contribution in [0.3, 0.4) is 0 Å². The van der Waals surface area contributed by atoms with Gasteiger partial charge in [-0.05, 0) is 31.0 Å². The Labute approximate surface area is 89.5 Å². The van der Waals surface area contributed by atoms with Crippen molar-refractivity contribution >= 4 is 11.5 Å². The smallest absolute Gasteiger partial charge is 0.101 e. The summed E-state index contributed by atoms with van der Waals surface area (Å²) in [5.41, 5.74) is 2.82. The van der Waals surface area contributed by atoms with Gasteiger partial charge in [0.15, 0.2) is 0 Å². The van der Waals surface area contributed by atoms with Crippen molar-refractivity contribution in [3.63, 3.8) is 0 Å². The molecule has 0 spiro atoms. The maximum Gasteiger partial charge on any atom is 0.101 e. The Bertz CT molecular complexity index is 441. The average Bonchev–Trinajstić information content (AvgIpc) is 2.74. The van der Waals surface area contributed by atoms with Gasteiger partial charge in [0.05, 0.1) is 11.6 Å². The SMILES string of the molecule is Cc1ccc(C#N)cc1NC1=NCCC1. The second kappa shape index (κ2) is 4.14. The van der Waals surface area contributed by atoms with Crippen molar-refractivity contribution in [2.75, 3.05) is 11.9 Å². The fraction of sp³-hybridized carbons (Fsp3) is 0.333. The number of nitrogens with one attached hydrogen (secondary N) is 1. The Kier molecular flexibility index (Phi) is 2.68. The van der Waals surface area contributed by atoms with E-state index < -0.39 is 0 Å². The Balaban J connectivity index is 2.23. The Hall–Kier alpha value is -1.82. The minimum Gasteiger partial charge on any atom is -0.344 e. The third kappa shape index (κ3) is 2.16. The molecule has 15 heavy (non-hydrogen) atoms. The van der Waals surface area contributed by atoms with Gasteiger partial charge < -0.3 is 5.32 Å². The number of nitriles is 1. The number of rotatable bonds is 1. The fourth-order valence-corrected chi connectivity index (χ4v) is 1.62. The quantitative estimate of drug-likeness (QED) is 0.755. The third-order valence-electron chi connectivity index (χ3n) is 2.52. The Morgan fingerprint density at radius 2 is 2.33 bits per heavy atom. The highest BCUT2D eigenvalue weighted by Crippen LogP contribution is 2.18. The number of nitrogens with zero attached hydrogens (tertiary/aromatic N) is 2. The Morgan fingerprint density at radius 1 is 1.47 bits per heavy atom. The maximum absolute atomic E-state index is 8.81. The van der Waals surface area contributed by atoms with Crippen molar-refractivity contribution in [2.24, 2.45) is 4.99 Å². The topological polar surface area (TPSA) is 48.2 Å². The van der Waals surface area contributed by atoms with Crippen molar-refractivity contribution < 1.29 is 0 Å². The number of hydrogen-bond acceptors (Lipinski definition) is 3. The highest BCUT2D eigenvalue weighted by molar-refractivity contribution is 5.97. The zero-order valence-electron chi connectivity index (χ0n) is 8.75. The summed E-state index contributed by atoms with van der Waals surface area (Å²) in [4.78, 5) is 4.35.